The molecule has 1 saturated carbocycles. The molecule has 1 aliphatic rings. The third kappa shape index (κ3) is 2.61. The lowest BCUT2D eigenvalue weighted by Crippen LogP contribution is -2.02. The Kier molecular flexibility index (Phi) is 2.91. The number of rotatable bonds is 3. The average Bonchev–Trinajstić information content (AvgIpc) is 3.15. The van der Waals surface area contributed by atoms with Gasteiger partial charge in [-0.05, 0) is 37.1 Å². The molecule has 0 radical (unpaired) electrons. The van der Waals surface area contributed by atoms with Gasteiger partial charge in [0, 0.05) is 22.1 Å². The molecule has 0 bridgehead atoms. The van der Waals surface area contributed by atoms with Gasteiger partial charge in [0.25, 0.3) is 0 Å². The summed E-state index contributed by atoms with van der Waals surface area (Å²) in [6.07, 6.45) is 2.34. The molecule has 2 aromatic rings. The largest absolute Gasteiger partial charge is 0.384 e. The van der Waals surface area contributed by atoms with Crippen molar-refractivity contribution in [3.63, 3.8) is 0 Å². The lowest BCUT2D eigenvalue weighted by molar-refractivity contribution is 0.936. The number of nitrogens with two attached hydrogens (primary N) is 1. The molecule has 1 heterocycles. The standard InChI is InChI=1S/C13H13BrN4/c14-9-3-5-10(6-4-9)16-12-7-11(15)17-13(18-12)8-1-2-8/h3-8H,1-2H2,(H3,15,16,17,18). The molecule has 3 N–H and O–H groups in total. The van der Waals surface area contributed by atoms with Crippen molar-refractivity contribution in [2.24, 2.45) is 0 Å². The van der Waals surface area contributed by atoms with Crippen molar-refractivity contribution in [2.75, 3.05) is 11.1 Å². The van der Waals surface area contributed by atoms with Crippen molar-refractivity contribution >= 4 is 33.3 Å². The second kappa shape index (κ2) is 4.57. The maximum Gasteiger partial charge on any atom is 0.136 e. The van der Waals surface area contributed by atoms with E-state index in [-0.39, 0.29) is 0 Å². The molecule has 0 atom stereocenters. The summed E-state index contributed by atoms with van der Waals surface area (Å²) in [4.78, 5) is 8.77. The molecule has 1 fully saturated rings. The highest BCUT2D eigenvalue weighted by Crippen LogP contribution is 2.38. The molecule has 4 nitrogen and oxygen atoms in total. The highest BCUT2D eigenvalue weighted by atomic mass is 79.9. The van der Waals surface area contributed by atoms with Crippen molar-refractivity contribution in [3.05, 3.63) is 40.6 Å². The minimum absolute atomic E-state index is 0.499. The lowest BCUT2D eigenvalue weighted by Gasteiger charge is -2.08. The first-order valence-electron chi connectivity index (χ1n) is 5.88. The molecule has 18 heavy (non-hydrogen) atoms. The van der Waals surface area contributed by atoms with Gasteiger partial charge in [-0.3, -0.25) is 0 Å². The van der Waals surface area contributed by atoms with Crippen LogP contribution < -0.4 is 11.1 Å². The summed E-state index contributed by atoms with van der Waals surface area (Å²) in [7, 11) is 0. The van der Waals surface area contributed by atoms with Gasteiger partial charge in [0.05, 0.1) is 0 Å². The molecule has 3 rings (SSSR count). The molecular weight excluding hydrogens is 292 g/mol. The number of aromatic nitrogens is 2. The van der Waals surface area contributed by atoms with Crippen LogP contribution in [0.3, 0.4) is 0 Å². The summed E-state index contributed by atoms with van der Waals surface area (Å²) in [6, 6.07) is 9.69. The summed E-state index contributed by atoms with van der Waals surface area (Å²) >= 11 is 3.41. The number of halogens is 1. The van der Waals surface area contributed by atoms with Crippen molar-refractivity contribution < 1.29 is 0 Å². The summed E-state index contributed by atoms with van der Waals surface area (Å²) in [5.74, 6) is 2.63. The zero-order valence-corrected chi connectivity index (χ0v) is 11.3. The molecular formula is C13H13BrN4. The second-order valence-corrected chi connectivity index (χ2v) is 5.36. The third-order valence-electron chi connectivity index (χ3n) is 2.82. The zero-order valence-electron chi connectivity index (χ0n) is 9.73. The van der Waals surface area contributed by atoms with E-state index >= 15 is 0 Å². The van der Waals surface area contributed by atoms with Gasteiger partial charge < -0.3 is 11.1 Å². The number of benzene rings is 1. The van der Waals surface area contributed by atoms with Crippen LogP contribution >= 0.6 is 15.9 Å². The maximum absolute atomic E-state index is 5.80. The predicted octanol–water partition coefficient (Wildman–Crippen LogP) is 3.44. The van der Waals surface area contributed by atoms with Gasteiger partial charge in [-0.1, -0.05) is 15.9 Å². The van der Waals surface area contributed by atoms with E-state index in [1.807, 2.05) is 24.3 Å². The van der Waals surface area contributed by atoms with Crippen LogP contribution in [0.4, 0.5) is 17.3 Å². The topological polar surface area (TPSA) is 63.8 Å². The lowest BCUT2D eigenvalue weighted by atomic mass is 10.3. The molecule has 0 spiro atoms. The third-order valence-corrected chi connectivity index (χ3v) is 3.35. The van der Waals surface area contributed by atoms with Gasteiger partial charge in [-0.15, -0.1) is 0 Å². The van der Waals surface area contributed by atoms with Gasteiger partial charge in [0.15, 0.2) is 0 Å². The van der Waals surface area contributed by atoms with E-state index in [1.54, 1.807) is 6.07 Å². The molecule has 1 aliphatic carbocycles. The van der Waals surface area contributed by atoms with Crippen LogP contribution in [-0.4, -0.2) is 9.97 Å². The Labute approximate surface area is 114 Å². The molecule has 0 unspecified atom stereocenters. The minimum Gasteiger partial charge on any atom is -0.384 e. The summed E-state index contributed by atoms with van der Waals surface area (Å²) in [5.41, 5.74) is 6.79. The van der Waals surface area contributed by atoms with E-state index in [9.17, 15) is 0 Å². The van der Waals surface area contributed by atoms with Crippen molar-refractivity contribution in [1.29, 1.82) is 0 Å². The van der Waals surface area contributed by atoms with Crippen LogP contribution in [0.1, 0.15) is 24.6 Å². The van der Waals surface area contributed by atoms with Gasteiger partial charge in [0.2, 0.25) is 0 Å². The Morgan fingerprint density at radius 2 is 1.89 bits per heavy atom. The zero-order chi connectivity index (χ0) is 12.5. The van der Waals surface area contributed by atoms with Crippen molar-refractivity contribution in [3.8, 4) is 0 Å². The Balaban J connectivity index is 1.85. The Morgan fingerprint density at radius 3 is 2.56 bits per heavy atom. The van der Waals surface area contributed by atoms with E-state index in [0.717, 1.165) is 21.8 Å². The van der Waals surface area contributed by atoms with Crippen LogP contribution in [-0.2, 0) is 0 Å². The maximum atomic E-state index is 5.80. The van der Waals surface area contributed by atoms with E-state index in [2.05, 4.69) is 31.2 Å². The van der Waals surface area contributed by atoms with Gasteiger partial charge in [0.1, 0.15) is 17.5 Å². The van der Waals surface area contributed by atoms with Crippen molar-refractivity contribution in [2.45, 2.75) is 18.8 Å². The van der Waals surface area contributed by atoms with Crippen LogP contribution in [0, 0.1) is 0 Å². The molecule has 92 valence electrons. The first-order chi connectivity index (χ1) is 8.70. The predicted molar refractivity (Wildman–Crippen MR) is 75.8 cm³/mol. The Hall–Kier alpha value is -1.62. The molecule has 0 saturated heterocycles. The van der Waals surface area contributed by atoms with E-state index in [4.69, 9.17) is 5.73 Å². The monoisotopic (exact) mass is 304 g/mol. The summed E-state index contributed by atoms with van der Waals surface area (Å²) < 4.78 is 1.05. The highest BCUT2D eigenvalue weighted by Gasteiger charge is 2.27. The molecule has 0 amide bonds. The fraction of sp³-hybridized carbons (Fsp3) is 0.231. The molecule has 1 aromatic heterocycles. The van der Waals surface area contributed by atoms with Crippen molar-refractivity contribution in [1.82, 2.24) is 9.97 Å². The molecule has 1 aromatic carbocycles. The molecule has 0 aliphatic heterocycles. The number of nitrogens with zero attached hydrogens (tertiary/aromatic N) is 2. The first kappa shape index (κ1) is 11.5. The summed E-state index contributed by atoms with van der Waals surface area (Å²) in [6.45, 7) is 0. The van der Waals surface area contributed by atoms with E-state index in [1.165, 1.54) is 12.8 Å². The number of anilines is 3. The van der Waals surface area contributed by atoms with Crippen LogP contribution in [0.15, 0.2) is 34.8 Å². The quantitative estimate of drug-likeness (QED) is 0.911. The fourth-order valence-electron chi connectivity index (χ4n) is 1.75. The number of nitrogen functional groups attached to an aromatic ring is 1. The molecule has 5 heteroatoms. The van der Waals surface area contributed by atoms with E-state index < -0.39 is 0 Å². The van der Waals surface area contributed by atoms with Gasteiger partial charge in [-0.25, -0.2) is 9.97 Å². The SMILES string of the molecule is Nc1cc(Nc2ccc(Br)cc2)nc(C2CC2)n1. The van der Waals surface area contributed by atoms with Crippen LogP contribution in [0.5, 0.6) is 0 Å². The van der Waals surface area contributed by atoms with Gasteiger partial charge in [-0.2, -0.15) is 0 Å². The fourth-order valence-corrected chi connectivity index (χ4v) is 2.02. The second-order valence-electron chi connectivity index (χ2n) is 4.44. The smallest absolute Gasteiger partial charge is 0.136 e. The van der Waals surface area contributed by atoms with E-state index in [0.29, 0.717) is 11.7 Å². The number of hydrogen-bond acceptors (Lipinski definition) is 4. The van der Waals surface area contributed by atoms with Crippen LogP contribution in [0.2, 0.25) is 0 Å². The number of hydrogen-bond donors (Lipinski definition) is 2. The first-order valence-corrected chi connectivity index (χ1v) is 6.67. The minimum atomic E-state index is 0.499. The Morgan fingerprint density at radius 1 is 1.17 bits per heavy atom. The van der Waals surface area contributed by atoms with Crippen LogP contribution in [0.25, 0.3) is 0 Å². The number of nitrogens with one attached hydrogen (secondary N) is 1. The summed E-state index contributed by atoms with van der Waals surface area (Å²) in [5, 5.41) is 3.24. The van der Waals surface area contributed by atoms with Gasteiger partial charge >= 0.3 is 0 Å². The highest BCUT2D eigenvalue weighted by molar-refractivity contribution is 9.10. The normalized spacial score (nSPS) is 14.5. The Bertz CT molecular complexity index is 564. The average molecular weight is 305 g/mol.